The number of aryl methyl sites for hydroxylation is 1. The minimum absolute atomic E-state index is 0.0441. The van der Waals surface area contributed by atoms with Crippen molar-refractivity contribution >= 4 is 11.6 Å². The van der Waals surface area contributed by atoms with Crippen LogP contribution in [0.4, 0.5) is 5.69 Å². The Balaban J connectivity index is 2.02. The maximum absolute atomic E-state index is 13.3. The van der Waals surface area contributed by atoms with Crippen molar-refractivity contribution in [2.24, 2.45) is 0 Å². The molecule has 0 saturated carbocycles. The fourth-order valence-corrected chi connectivity index (χ4v) is 4.59. The van der Waals surface area contributed by atoms with Crippen molar-refractivity contribution in [3.8, 4) is 0 Å². The zero-order valence-electron chi connectivity index (χ0n) is 19.6. The van der Waals surface area contributed by atoms with Crippen LogP contribution in [0.1, 0.15) is 60.1 Å². The molecule has 1 fully saturated rings. The number of likely N-dealkylation sites (N-methyl/N-ethyl adjacent to an activating group) is 1. The number of nitrogens with one attached hydrogen (secondary N) is 2. The second-order valence-electron chi connectivity index (χ2n) is 8.79. The van der Waals surface area contributed by atoms with E-state index in [0.717, 1.165) is 50.4 Å². The van der Waals surface area contributed by atoms with Crippen molar-refractivity contribution in [1.29, 1.82) is 0 Å². The molecule has 1 saturated heterocycles. The number of rotatable bonds is 7. The largest absolute Gasteiger partial charge is 0.359 e. The third-order valence-corrected chi connectivity index (χ3v) is 6.81. The van der Waals surface area contributed by atoms with Crippen LogP contribution in [0.3, 0.4) is 0 Å². The van der Waals surface area contributed by atoms with Crippen LogP contribution in [0.2, 0.25) is 0 Å². The number of nitrogens with zero attached hydrogens (tertiary/aromatic N) is 2. The van der Waals surface area contributed by atoms with Gasteiger partial charge in [0, 0.05) is 23.8 Å². The smallest absolute Gasteiger partial charge is 0.268 e. The van der Waals surface area contributed by atoms with Gasteiger partial charge in [0.2, 0.25) is 0 Å². The summed E-state index contributed by atoms with van der Waals surface area (Å²) >= 11 is 0. The summed E-state index contributed by atoms with van der Waals surface area (Å²) in [6.45, 7) is 19.2. The van der Waals surface area contributed by atoms with Crippen LogP contribution >= 0.6 is 0 Å². The van der Waals surface area contributed by atoms with E-state index in [1.54, 1.807) is 4.90 Å². The molecule has 2 aromatic rings. The maximum Gasteiger partial charge on any atom is 0.268 e. The van der Waals surface area contributed by atoms with Gasteiger partial charge in [0.25, 0.3) is 5.91 Å². The van der Waals surface area contributed by atoms with Crippen LogP contribution in [-0.4, -0.2) is 49.2 Å². The van der Waals surface area contributed by atoms with Crippen molar-refractivity contribution in [1.82, 2.24) is 9.88 Å². The van der Waals surface area contributed by atoms with E-state index >= 15 is 0 Å². The molecular weight excluding hydrogens is 372 g/mol. The summed E-state index contributed by atoms with van der Waals surface area (Å²) in [7, 11) is 0. The van der Waals surface area contributed by atoms with Gasteiger partial charge in [-0.2, -0.15) is 0 Å². The monoisotopic (exact) mass is 411 g/mol. The molecule has 164 valence electrons. The van der Waals surface area contributed by atoms with Gasteiger partial charge in [0.05, 0.1) is 38.4 Å². The predicted molar refractivity (Wildman–Crippen MR) is 125 cm³/mol. The van der Waals surface area contributed by atoms with Crippen molar-refractivity contribution in [3.05, 3.63) is 52.3 Å². The highest BCUT2D eigenvalue weighted by molar-refractivity contribution is 5.96. The summed E-state index contributed by atoms with van der Waals surface area (Å²) in [4.78, 5) is 17.5. The van der Waals surface area contributed by atoms with Crippen LogP contribution in [0.5, 0.6) is 0 Å². The highest BCUT2D eigenvalue weighted by Gasteiger charge is 2.29. The Kier molecular flexibility index (Phi) is 7.24. The summed E-state index contributed by atoms with van der Waals surface area (Å²) in [5.74, 6) is 0.0441. The Morgan fingerprint density at radius 3 is 2.40 bits per heavy atom. The Labute approximate surface area is 182 Å². The van der Waals surface area contributed by atoms with E-state index in [1.165, 1.54) is 29.1 Å². The quantitative estimate of drug-likeness (QED) is 0.736. The molecule has 1 aliphatic rings. The molecular formula is C25H39N4O+. The molecule has 1 amide bonds. The molecule has 5 nitrogen and oxygen atoms in total. The number of quaternary nitrogens is 1. The van der Waals surface area contributed by atoms with E-state index in [1.807, 2.05) is 0 Å². The van der Waals surface area contributed by atoms with Gasteiger partial charge >= 0.3 is 0 Å². The highest BCUT2D eigenvalue weighted by Crippen LogP contribution is 2.32. The van der Waals surface area contributed by atoms with E-state index in [0.29, 0.717) is 0 Å². The van der Waals surface area contributed by atoms with Gasteiger partial charge in [-0.1, -0.05) is 31.2 Å². The highest BCUT2D eigenvalue weighted by atomic mass is 16.2. The fraction of sp³-hybridized carbons (Fsp3) is 0.560. The minimum Gasteiger partial charge on any atom is -0.359 e. The Morgan fingerprint density at radius 1 is 1.13 bits per heavy atom. The molecule has 1 aromatic heterocycles. The minimum atomic E-state index is 0.0441. The molecule has 1 aromatic carbocycles. The third kappa shape index (κ3) is 4.56. The number of anilines is 1. The standard InChI is InChI=1S/C25H38N4O/c1-7-19(4)26-25(30)24-20(5)23(28-15-13-27(8-2)14-16-28)21(6)29(24)17-22-12-10-9-11-18(22)3/h9-12,19H,7-8,13-17H2,1-6H3,(H,26,30)/p+1/t19-/m0/s1. The Morgan fingerprint density at radius 2 is 1.80 bits per heavy atom. The van der Waals surface area contributed by atoms with Gasteiger partial charge < -0.3 is 19.7 Å². The summed E-state index contributed by atoms with van der Waals surface area (Å²) in [5, 5.41) is 3.20. The number of amides is 1. The lowest BCUT2D eigenvalue weighted by Gasteiger charge is -2.33. The number of carbonyl (C=O) groups is 1. The van der Waals surface area contributed by atoms with Crippen molar-refractivity contribution < 1.29 is 9.69 Å². The van der Waals surface area contributed by atoms with E-state index < -0.39 is 0 Å². The molecule has 5 heteroatoms. The second-order valence-corrected chi connectivity index (χ2v) is 8.79. The fourth-order valence-electron chi connectivity index (χ4n) is 4.59. The average molecular weight is 412 g/mol. The van der Waals surface area contributed by atoms with Crippen molar-refractivity contribution in [2.45, 2.75) is 60.5 Å². The van der Waals surface area contributed by atoms with Crippen molar-refractivity contribution in [3.63, 3.8) is 0 Å². The van der Waals surface area contributed by atoms with Crippen LogP contribution in [0.25, 0.3) is 0 Å². The molecule has 30 heavy (non-hydrogen) atoms. The molecule has 2 heterocycles. The predicted octanol–water partition coefficient (Wildman–Crippen LogP) is 2.71. The van der Waals surface area contributed by atoms with Gasteiger partial charge in [-0.15, -0.1) is 0 Å². The number of carbonyl (C=O) groups excluding carboxylic acids is 1. The van der Waals surface area contributed by atoms with Crippen LogP contribution in [0, 0.1) is 20.8 Å². The SMILES string of the molecule is CC[C@H](C)NC(=O)c1c(C)c(N2CC[NH+](CC)CC2)c(C)n1Cc1ccccc1C. The van der Waals surface area contributed by atoms with Gasteiger partial charge in [0.15, 0.2) is 0 Å². The molecule has 0 unspecified atom stereocenters. The summed E-state index contributed by atoms with van der Waals surface area (Å²) in [5.41, 5.74) is 6.91. The second kappa shape index (κ2) is 9.69. The normalized spacial score (nSPS) is 16.0. The lowest BCUT2D eigenvalue weighted by atomic mass is 10.1. The first-order chi connectivity index (χ1) is 14.4. The summed E-state index contributed by atoms with van der Waals surface area (Å²) in [6, 6.07) is 8.64. The number of hydrogen-bond acceptors (Lipinski definition) is 2. The van der Waals surface area contributed by atoms with E-state index in [-0.39, 0.29) is 11.9 Å². The van der Waals surface area contributed by atoms with Gasteiger partial charge in [-0.3, -0.25) is 4.79 Å². The van der Waals surface area contributed by atoms with Gasteiger partial charge in [0.1, 0.15) is 5.69 Å². The number of benzene rings is 1. The molecule has 1 aliphatic heterocycles. The Bertz CT molecular complexity index is 878. The molecule has 3 rings (SSSR count). The first-order valence-corrected chi connectivity index (χ1v) is 11.5. The number of aromatic nitrogens is 1. The number of piperazine rings is 1. The van der Waals surface area contributed by atoms with Crippen LogP contribution in [-0.2, 0) is 6.54 Å². The zero-order chi connectivity index (χ0) is 21.8. The topological polar surface area (TPSA) is 41.7 Å². The van der Waals surface area contributed by atoms with E-state index in [4.69, 9.17) is 0 Å². The molecule has 0 aliphatic carbocycles. The first-order valence-electron chi connectivity index (χ1n) is 11.5. The lowest BCUT2D eigenvalue weighted by Crippen LogP contribution is -3.14. The molecule has 0 radical (unpaired) electrons. The first kappa shape index (κ1) is 22.4. The number of hydrogen-bond donors (Lipinski definition) is 2. The summed E-state index contributed by atoms with van der Waals surface area (Å²) in [6.07, 6.45) is 0.927. The molecule has 1 atom stereocenters. The van der Waals surface area contributed by atoms with Crippen molar-refractivity contribution in [2.75, 3.05) is 37.6 Å². The molecule has 0 spiro atoms. The molecule has 2 N–H and O–H groups in total. The van der Waals surface area contributed by atoms with Crippen LogP contribution < -0.4 is 15.1 Å². The maximum atomic E-state index is 13.3. The van der Waals surface area contributed by atoms with Gasteiger partial charge in [-0.05, 0) is 52.2 Å². The average Bonchev–Trinajstić information content (AvgIpc) is 2.99. The zero-order valence-corrected chi connectivity index (χ0v) is 19.6. The third-order valence-electron chi connectivity index (χ3n) is 6.81. The van der Waals surface area contributed by atoms with E-state index in [9.17, 15) is 4.79 Å². The summed E-state index contributed by atoms with van der Waals surface area (Å²) < 4.78 is 2.24. The van der Waals surface area contributed by atoms with Gasteiger partial charge in [-0.25, -0.2) is 0 Å². The molecule has 0 bridgehead atoms. The van der Waals surface area contributed by atoms with Crippen LogP contribution in [0.15, 0.2) is 24.3 Å². The Hall–Kier alpha value is -2.27. The van der Waals surface area contributed by atoms with E-state index in [2.05, 4.69) is 80.6 Å². The lowest BCUT2D eigenvalue weighted by molar-refractivity contribution is -0.898.